The van der Waals surface area contributed by atoms with Crippen LogP contribution in [0.2, 0.25) is 0 Å². The zero-order valence-corrected chi connectivity index (χ0v) is 42.3. The highest BCUT2D eigenvalue weighted by atomic mass is 31.2. The molecule has 0 saturated carbocycles. The van der Waals surface area contributed by atoms with Crippen LogP contribution in [0.1, 0.15) is 232 Å². The quantitative estimate of drug-likeness (QED) is 0.0243. The topological polar surface area (TPSA) is 105 Å². The Morgan fingerprint density at radius 1 is 0.548 bits per heavy atom. The molecule has 0 aliphatic carbocycles. The SMILES string of the molecule is CCCCC/C=C/CC/C=C/C(O)C(COP(=O)(O)OCC[N+](C)(C)C)NC(=O)CCCCCCCCCCCCCCCCCCCCC/C=C\C/C=C\CCCCCCC. The van der Waals surface area contributed by atoms with Crippen molar-refractivity contribution in [1.82, 2.24) is 5.32 Å². The van der Waals surface area contributed by atoms with Crippen molar-refractivity contribution in [3.8, 4) is 0 Å². The minimum absolute atomic E-state index is 0.0560. The van der Waals surface area contributed by atoms with E-state index >= 15 is 0 Å². The molecule has 0 aromatic rings. The van der Waals surface area contributed by atoms with Crippen molar-refractivity contribution < 1.29 is 32.9 Å². The first-order valence-electron chi connectivity index (χ1n) is 26.0. The smallest absolute Gasteiger partial charge is 0.387 e. The van der Waals surface area contributed by atoms with Crippen molar-refractivity contribution >= 4 is 13.7 Å². The van der Waals surface area contributed by atoms with Gasteiger partial charge in [0.05, 0.1) is 39.9 Å². The van der Waals surface area contributed by atoms with Gasteiger partial charge in [0.2, 0.25) is 5.91 Å². The molecular weight excluding hydrogens is 792 g/mol. The number of phosphoric ester groups is 1. The van der Waals surface area contributed by atoms with Crippen LogP contribution in [0.5, 0.6) is 0 Å². The lowest BCUT2D eigenvalue weighted by molar-refractivity contribution is -0.870. The van der Waals surface area contributed by atoms with Crippen LogP contribution in [0.4, 0.5) is 0 Å². The average molecular weight is 894 g/mol. The lowest BCUT2D eigenvalue weighted by Crippen LogP contribution is -2.45. The number of hydrogen-bond donors (Lipinski definition) is 3. The van der Waals surface area contributed by atoms with Crippen LogP contribution in [0.25, 0.3) is 0 Å². The van der Waals surface area contributed by atoms with Gasteiger partial charge in [-0.05, 0) is 64.2 Å². The Morgan fingerprint density at radius 3 is 1.42 bits per heavy atom. The van der Waals surface area contributed by atoms with E-state index in [4.69, 9.17) is 9.05 Å². The van der Waals surface area contributed by atoms with Crippen molar-refractivity contribution in [3.63, 3.8) is 0 Å². The summed E-state index contributed by atoms with van der Waals surface area (Å²) in [5.74, 6) is -0.188. The average Bonchev–Trinajstić information content (AvgIpc) is 3.23. The molecule has 364 valence electrons. The lowest BCUT2D eigenvalue weighted by Gasteiger charge is -2.25. The standard InChI is InChI=1S/C53H101N2O6P/c1-6-8-10-12-14-16-17-18-19-20-21-22-23-24-25-26-27-28-29-30-31-32-33-34-35-36-37-39-41-43-45-47-53(57)54-51(50-61-62(58,59)60-49-48-55(3,4)5)52(56)46-44-42-40-38-15-13-11-9-7-2/h15,17-18,20-21,38,44,46,51-52,56H,6-14,16,19,22-37,39-43,45,47-50H2,1-5H3,(H-,54,57,58,59)/p+1/b18-17-,21-20-,38-15+,46-44+. The third kappa shape index (κ3) is 46.5. The van der Waals surface area contributed by atoms with Gasteiger partial charge >= 0.3 is 7.82 Å². The molecule has 1 amide bonds. The number of quaternary nitrogens is 1. The summed E-state index contributed by atoms with van der Waals surface area (Å²) in [6, 6.07) is -0.860. The molecule has 3 unspecified atom stereocenters. The number of aliphatic hydroxyl groups is 1. The van der Waals surface area contributed by atoms with Crippen LogP contribution < -0.4 is 5.32 Å². The van der Waals surface area contributed by atoms with Gasteiger partial charge in [0, 0.05) is 6.42 Å². The number of nitrogens with zero attached hydrogens (tertiary/aromatic N) is 1. The van der Waals surface area contributed by atoms with Gasteiger partial charge in [-0.25, -0.2) is 4.57 Å². The van der Waals surface area contributed by atoms with Gasteiger partial charge in [0.25, 0.3) is 0 Å². The normalized spacial score (nSPS) is 14.5. The highest BCUT2D eigenvalue weighted by Crippen LogP contribution is 2.43. The molecular formula is C53H102N2O6P+. The number of allylic oxidation sites excluding steroid dienone is 7. The van der Waals surface area contributed by atoms with E-state index in [0.29, 0.717) is 17.4 Å². The number of likely N-dealkylation sites (N-methyl/N-ethyl adjacent to an activating group) is 1. The van der Waals surface area contributed by atoms with Crippen molar-refractivity contribution in [3.05, 3.63) is 48.6 Å². The first kappa shape index (κ1) is 60.5. The molecule has 0 radical (unpaired) electrons. The lowest BCUT2D eigenvalue weighted by atomic mass is 10.0. The summed E-state index contributed by atoms with van der Waals surface area (Å²) in [5, 5.41) is 13.8. The highest BCUT2D eigenvalue weighted by Gasteiger charge is 2.27. The number of phosphoric acid groups is 1. The fourth-order valence-corrected chi connectivity index (χ4v) is 8.12. The van der Waals surface area contributed by atoms with Crippen LogP contribution >= 0.6 is 7.82 Å². The fraction of sp³-hybridized carbons (Fsp3) is 0.830. The third-order valence-corrected chi connectivity index (χ3v) is 12.5. The second kappa shape index (κ2) is 44.7. The Kier molecular flexibility index (Phi) is 43.5. The molecule has 3 N–H and O–H groups in total. The van der Waals surface area contributed by atoms with Crippen LogP contribution in [-0.2, 0) is 18.4 Å². The van der Waals surface area contributed by atoms with E-state index in [9.17, 15) is 19.4 Å². The molecule has 0 heterocycles. The maximum atomic E-state index is 12.9. The third-order valence-electron chi connectivity index (χ3n) is 11.5. The Bertz CT molecular complexity index is 1150. The summed E-state index contributed by atoms with van der Waals surface area (Å²) >= 11 is 0. The van der Waals surface area contributed by atoms with Crippen LogP contribution in [0.15, 0.2) is 48.6 Å². The van der Waals surface area contributed by atoms with Crippen molar-refractivity contribution in [1.29, 1.82) is 0 Å². The predicted molar refractivity (Wildman–Crippen MR) is 267 cm³/mol. The Morgan fingerprint density at radius 2 is 0.935 bits per heavy atom. The number of carbonyl (C=O) groups excluding carboxylic acids is 1. The molecule has 3 atom stereocenters. The number of aliphatic hydroxyl groups excluding tert-OH is 1. The summed E-state index contributed by atoms with van der Waals surface area (Å²) in [6.07, 6.45) is 58.0. The first-order valence-corrected chi connectivity index (χ1v) is 27.5. The summed E-state index contributed by atoms with van der Waals surface area (Å²) in [4.78, 5) is 23.1. The molecule has 0 spiro atoms. The van der Waals surface area contributed by atoms with Gasteiger partial charge in [-0.1, -0.05) is 210 Å². The molecule has 0 aromatic heterocycles. The first-order chi connectivity index (χ1) is 30.0. The van der Waals surface area contributed by atoms with E-state index in [0.717, 1.165) is 44.9 Å². The van der Waals surface area contributed by atoms with Crippen LogP contribution in [-0.4, -0.2) is 73.4 Å². The maximum Gasteiger partial charge on any atom is 0.472 e. The molecule has 62 heavy (non-hydrogen) atoms. The van der Waals surface area contributed by atoms with E-state index in [-0.39, 0.29) is 19.1 Å². The van der Waals surface area contributed by atoms with Crippen LogP contribution in [0.3, 0.4) is 0 Å². The fourth-order valence-electron chi connectivity index (χ4n) is 7.38. The van der Waals surface area contributed by atoms with Crippen molar-refractivity contribution in [2.75, 3.05) is 40.9 Å². The Labute approximate surface area is 384 Å². The molecule has 0 aromatic carbocycles. The van der Waals surface area contributed by atoms with E-state index in [1.807, 2.05) is 27.2 Å². The molecule has 8 nitrogen and oxygen atoms in total. The molecule has 0 rings (SSSR count). The minimum atomic E-state index is -4.34. The summed E-state index contributed by atoms with van der Waals surface area (Å²) in [5.41, 5.74) is 0. The Hall–Kier alpha value is -1.54. The van der Waals surface area contributed by atoms with Gasteiger partial charge in [0.15, 0.2) is 0 Å². The number of nitrogens with one attached hydrogen (secondary N) is 1. The van der Waals surface area contributed by atoms with Gasteiger partial charge in [-0.15, -0.1) is 0 Å². The molecule has 9 heteroatoms. The van der Waals surface area contributed by atoms with Crippen LogP contribution in [0, 0.1) is 0 Å². The largest absolute Gasteiger partial charge is 0.472 e. The highest BCUT2D eigenvalue weighted by molar-refractivity contribution is 7.47. The van der Waals surface area contributed by atoms with Gasteiger partial charge in [-0.2, -0.15) is 0 Å². The maximum absolute atomic E-state index is 12.9. The molecule has 0 saturated heterocycles. The second-order valence-corrected chi connectivity index (χ2v) is 20.3. The summed E-state index contributed by atoms with van der Waals surface area (Å²) in [7, 11) is 1.55. The number of hydrogen-bond acceptors (Lipinski definition) is 5. The summed E-state index contributed by atoms with van der Waals surface area (Å²) < 4.78 is 23.5. The van der Waals surface area contributed by atoms with Gasteiger partial charge in [-0.3, -0.25) is 13.8 Å². The molecule has 0 aliphatic rings. The molecule has 0 fully saturated rings. The number of amides is 1. The van der Waals surface area contributed by atoms with E-state index in [2.05, 4.69) is 55.6 Å². The minimum Gasteiger partial charge on any atom is -0.387 e. The second-order valence-electron chi connectivity index (χ2n) is 18.9. The molecule has 0 bridgehead atoms. The predicted octanol–water partition coefficient (Wildman–Crippen LogP) is 15.2. The summed E-state index contributed by atoms with van der Waals surface area (Å²) in [6.45, 7) is 4.73. The zero-order chi connectivity index (χ0) is 45.7. The zero-order valence-electron chi connectivity index (χ0n) is 41.4. The van der Waals surface area contributed by atoms with E-state index in [1.165, 1.54) is 167 Å². The van der Waals surface area contributed by atoms with Gasteiger partial charge < -0.3 is 19.8 Å². The van der Waals surface area contributed by atoms with E-state index in [1.54, 1.807) is 6.08 Å². The number of unbranched alkanes of at least 4 members (excludes halogenated alkanes) is 28. The van der Waals surface area contributed by atoms with Crippen molar-refractivity contribution in [2.45, 2.75) is 244 Å². The Balaban J connectivity index is 3.98. The molecule has 0 aliphatic heterocycles. The number of rotatable bonds is 47. The number of carbonyl (C=O) groups is 1. The monoisotopic (exact) mass is 894 g/mol. The van der Waals surface area contributed by atoms with E-state index < -0.39 is 20.0 Å². The van der Waals surface area contributed by atoms with Gasteiger partial charge in [0.1, 0.15) is 13.2 Å². The van der Waals surface area contributed by atoms with Crippen molar-refractivity contribution in [2.24, 2.45) is 0 Å².